The van der Waals surface area contributed by atoms with Gasteiger partial charge in [-0.15, -0.1) is 11.8 Å². The van der Waals surface area contributed by atoms with Crippen molar-refractivity contribution in [3.05, 3.63) is 59.2 Å². The Balaban J connectivity index is 2.01. The molecule has 5 heteroatoms. The molecule has 1 aliphatic rings. The maximum Gasteiger partial charge on any atom is 0.255 e. The molecular weight excluding hydrogens is 320 g/mol. The third-order valence-corrected chi connectivity index (χ3v) is 5.59. The Labute approximate surface area is 146 Å². The SMILES string of the molecule is Cc1ccc(-c2ccccc2C(=O)N2CCSC2C(N)=O)cc1C. The average molecular weight is 340 g/mol. The topological polar surface area (TPSA) is 63.4 Å². The standard InChI is InChI=1S/C19H20N2O2S/c1-12-7-8-14(11-13(12)2)15-5-3-4-6-16(15)18(23)21-9-10-24-19(21)17(20)22/h3-8,11,19H,9-10H2,1-2H3,(H2,20,22). The third kappa shape index (κ3) is 3.04. The summed E-state index contributed by atoms with van der Waals surface area (Å²) in [4.78, 5) is 26.2. The first-order valence-electron chi connectivity index (χ1n) is 7.87. The summed E-state index contributed by atoms with van der Waals surface area (Å²) < 4.78 is 0. The highest BCUT2D eigenvalue weighted by molar-refractivity contribution is 8.00. The van der Waals surface area contributed by atoms with Crippen molar-refractivity contribution in [2.45, 2.75) is 19.2 Å². The van der Waals surface area contributed by atoms with Gasteiger partial charge in [0.05, 0.1) is 0 Å². The monoisotopic (exact) mass is 340 g/mol. The molecule has 0 spiro atoms. The molecule has 0 aromatic heterocycles. The molecule has 1 atom stereocenters. The number of aryl methyl sites for hydroxylation is 2. The predicted octanol–water partition coefficient (Wildman–Crippen LogP) is 2.97. The second-order valence-corrected chi connectivity index (χ2v) is 7.16. The summed E-state index contributed by atoms with van der Waals surface area (Å²) in [6.45, 7) is 4.66. The number of carbonyl (C=O) groups is 2. The summed E-state index contributed by atoms with van der Waals surface area (Å²) in [5, 5.41) is -0.578. The first kappa shape index (κ1) is 16.6. The van der Waals surface area contributed by atoms with Gasteiger partial charge >= 0.3 is 0 Å². The molecule has 2 aromatic carbocycles. The zero-order chi connectivity index (χ0) is 17.3. The van der Waals surface area contributed by atoms with Crippen molar-refractivity contribution in [1.82, 2.24) is 4.90 Å². The second kappa shape index (κ2) is 6.69. The minimum absolute atomic E-state index is 0.141. The zero-order valence-electron chi connectivity index (χ0n) is 13.8. The van der Waals surface area contributed by atoms with Crippen LogP contribution < -0.4 is 5.73 Å². The molecule has 124 valence electrons. The van der Waals surface area contributed by atoms with Gasteiger partial charge in [-0.3, -0.25) is 9.59 Å². The number of thioether (sulfide) groups is 1. The van der Waals surface area contributed by atoms with Crippen LogP contribution in [0.1, 0.15) is 21.5 Å². The number of nitrogens with zero attached hydrogens (tertiary/aromatic N) is 1. The number of benzene rings is 2. The first-order chi connectivity index (χ1) is 11.5. The quantitative estimate of drug-likeness (QED) is 0.934. The van der Waals surface area contributed by atoms with Gasteiger partial charge in [0.15, 0.2) is 5.37 Å². The maximum absolute atomic E-state index is 13.0. The molecule has 2 aromatic rings. The smallest absolute Gasteiger partial charge is 0.255 e. The molecule has 2 N–H and O–H groups in total. The Morgan fingerprint density at radius 1 is 1.12 bits per heavy atom. The van der Waals surface area contributed by atoms with Crippen LogP contribution >= 0.6 is 11.8 Å². The fourth-order valence-electron chi connectivity index (χ4n) is 2.90. The lowest BCUT2D eigenvalue weighted by atomic mass is 9.96. The number of hydrogen-bond donors (Lipinski definition) is 1. The van der Waals surface area contributed by atoms with Gasteiger partial charge in [0.2, 0.25) is 0 Å². The molecule has 0 saturated carbocycles. The molecule has 0 aliphatic carbocycles. The lowest BCUT2D eigenvalue weighted by Gasteiger charge is -2.22. The van der Waals surface area contributed by atoms with Gasteiger partial charge in [-0.25, -0.2) is 0 Å². The van der Waals surface area contributed by atoms with Crippen LogP contribution in [0, 0.1) is 13.8 Å². The maximum atomic E-state index is 13.0. The van der Waals surface area contributed by atoms with E-state index in [-0.39, 0.29) is 5.91 Å². The van der Waals surface area contributed by atoms with Crippen molar-refractivity contribution in [2.75, 3.05) is 12.3 Å². The van der Waals surface area contributed by atoms with Gasteiger partial charge in [-0.05, 0) is 42.2 Å². The molecule has 1 aliphatic heterocycles. The summed E-state index contributed by atoms with van der Waals surface area (Å²) in [6, 6.07) is 13.7. The molecule has 4 nitrogen and oxygen atoms in total. The van der Waals surface area contributed by atoms with Gasteiger partial charge < -0.3 is 10.6 Å². The number of rotatable bonds is 3. The molecule has 1 fully saturated rings. The van der Waals surface area contributed by atoms with Gasteiger partial charge in [0, 0.05) is 17.9 Å². The summed E-state index contributed by atoms with van der Waals surface area (Å²) in [5.41, 5.74) is 10.3. The number of hydrogen-bond acceptors (Lipinski definition) is 3. The minimum Gasteiger partial charge on any atom is -0.367 e. The lowest BCUT2D eigenvalue weighted by molar-refractivity contribution is -0.119. The predicted molar refractivity (Wildman–Crippen MR) is 97.8 cm³/mol. The Morgan fingerprint density at radius 3 is 2.58 bits per heavy atom. The van der Waals surface area contributed by atoms with Crippen LogP contribution in [0.15, 0.2) is 42.5 Å². The van der Waals surface area contributed by atoms with Gasteiger partial charge in [0.1, 0.15) is 0 Å². The summed E-state index contributed by atoms with van der Waals surface area (Å²) in [6.07, 6.45) is 0. The molecule has 1 saturated heterocycles. The second-order valence-electron chi connectivity index (χ2n) is 5.97. The van der Waals surface area contributed by atoms with E-state index in [9.17, 15) is 9.59 Å². The summed E-state index contributed by atoms with van der Waals surface area (Å²) in [7, 11) is 0. The van der Waals surface area contributed by atoms with Crippen LogP contribution in [0.3, 0.4) is 0 Å². The molecule has 1 heterocycles. The molecule has 24 heavy (non-hydrogen) atoms. The van der Waals surface area contributed by atoms with Gasteiger partial charge in [0.25, 0.3) is 11.8 Å². The summed E-state index contributed by atoms with van der Waals surface area (Å²) >= 11 is 1.42. The van der Waals surface area contributed by atoms with E-state index < -0.39 is 11.3 Å². The van der Waals surface area contributed by atoms with Crippen LogP contribution in [-0.4, -0.2) is 34.4 Å². The van der Waals surface area contributed by atoms with Crippen molar-refractivity contribution < 1.29 is 9.59 Å². The van der Waals surface area contributed by atoms with E-state index in [1.54, 1.807) is 4.90 Å². The highest BCUT2D eigenvalue weighted by atomic mass is 32.2. The Kier molecular flexibility index (Phi) is 4.62. The van der Waals surface area contributed by atoms with Crippen LogP contribution in [0.2, 0.25) is 0 Å². The van der Waals surface area contributed by atoms with Crippen molar-refractivity contribution in [2.24, 2.45) is 5.73 Å². The van der Waals surface area contributed by atoms with Crippen molar-refractivity contribution in [3.63, 3.8) is 0 Å². The van der Waals surface area contributed by atoms with Crippen LogP contribution in [0.4, 0.5) is 0 Å². The molecule has 1 unspecified atom stereocenters. The molecular formula is C19H20N2O2S. The largest absolute Gasteiger partial charge is 0.367 e. The molecule has 0 bridgehead atoms. The van der Waals surface area contributed by atoms with E-state index >= 15 is 0 Å². The minimum atomic E-state index is -0.578. The van der Waals surface area contributed by atoms with E-state index in [4.69, 9.17) is 5.73 Å². The Bertz CT molecular complexity index is 804. The average Bonchev–Trinajstić information content (AvgIpc) is 3.07. The van der Waals surface area contributed by atoms with Crippen molar-refractivity contribution in [1.29, 1.82) is 0 Å². The van der Waals surface area contributed by atoms with E-state index in [2.05, 4.69) is 26.0 Å². The Hall–Kier alpha value is -2.27. The van der Waals surface area contributed by atoms with Gasteiger partial charge in [-0.2, -0.15) is 0 Å². The van der Waals surface area contributed by atoms with Crippen LogP contribution in [0.25, 0.3) is 11.1 Å². The Morgan fingerprint density at radius 2 is 1.88 bits per heavy atom. The van der Waals surface area contributed by atoms with Crippen molar-refractivity contribution in [3.8, 4) is 11.1 Å². The van der Waals surface area contributed by atoms with Crippen molar-refractivity contribution >= 4 is 23.6 Å². The fraction of sp³-hybridized carbons (Fsp3) is 0.263. The number of carbonyl (C=O) groups excluding carboxylic acids is 2. The third-order valence-electron chi connectivity index (χ3n) is 4.37. The first-order valence-corrected chi connectivity index (χ1v) is 8.92. The summed E-state index contributed by atoms with van der Waals surface area (Å²) in [5.74, 6) is 0.123. The zero-order valence-corrected chi connectivity index (χ0v) is 14.6. The number of nitrogens with two attached hydrogens (primary N) is 1. The molecule has 0 radical (unpaired) electrons. The van der Waals surface area contributed by atoms with Gasteiger partial charge in [-0.1, -0.05) is 36.4 Å². The van der Waals surface area contributed by atoms with E-state index in [1.807, 2.05) is 30.3 Å². The van der Waals surface area contributed by atoms with E-state index in [0.29, 0.717) is 12.1 Å². The van der Waals surface area contributed by atoms with E-state index in [0.717, 1.165) is 16.9 Å². The van der Waals surface area contributed by atoms with Crippen LogP contribution in [0.5, 0.6) is 0 Å². The van der Waals surface area contributed by atoms with Crippen LogP contribution in [-0.2, 0) is 4.79 Å². The highest BCUT2D eigenvalue weighted by Crippen LogP contribution is 2.30. The molecule has 2 amide bonds. The lowest BCUT2D eigenvalue weighted by Crippen LogP contribution is -2.42. The fourth-order valence-corrected chi connectivity index (χ4v) is 3.97. The van der Waals surface area contributed by atoms with E-state index in [1.165, 1.54) is 22.9 Å². The molecule has 3 rings (SSSR count). The number of primary amides is 1. The highest BCUT2D eigenvalue weighted by Gasteiger charge is 2.34. The normalized spacial score (nSPS) is 17.1. The number of amides is 2.